The number of hydrogen-bond acceptors (Lipinski definition) is 6. The average Bonchev–Trinajstić information content (AvgIpc) is 3.24. The number of benzene rings is 1. The van der Waals surface area contributed by atoms with Gasteiger partial charge in [0.15, 0.2) is 5.65 Å². The summed E-state index contributed by atoms with van der Waals surface area (Å²) >= 11 is 0. The zero-order chi connectivity index (χ0) is 19.8. The Morgan fingerprint density at radius 3 is 2.89 bits per heavy atom. The lowest BCUT2D eigenvalue weighted by Crippen LogP contribution is -2.19. The van der Waals surface area contributed by atoms with Crippen LogP contribution in [0.15, 0.2) is 41.3 Å². The fourth-order valence-corrected chi connectivity index (χ4v) is 2.82. The third kappa shape index (κ3) is 3.00. The van der Waals surface area contributed by atoms with Crippen molar-refractivity contribution in [3.8, 4) is 11.7 Å². The van der Waals surface area contributed by atoms with Crippen LogP contribution in [0, 0.1) is 6.92 Å². The maximum Gasteiger partial charge on any atom is 0.263 e. The van der Waals surface area contributed by atoms with Gasteiger partial charge in [-0.1, -0.05) is 6.07 Å². The van der Waals surface area contributed by atoms with Crippen LogP contribution in [0.5, 0.6) is 5.75 Å². The summed E-state index contributed by atoms with van der Waals surface area (Å²) in [6.45, 7) is 1.78. The molecule has 142 valence electrons. The van der Waals surface area contributed by atoms with Gasteiger partial charge in [0.25, 0.3) is 11.5 Å². The normalized spacial score (nSPS) is 11.0. The molecule has 4 rings (SSSR count). The molecule has 0 radical (unpaired) electrons. The second-order valence-corrected chi connectivity index (χ2v) is 6.16. The number of ether oxygens (including phenoxy) is 1. The zero-order valence-electron chi connectivity index (χ0n) is 15.4. The average molecular weight is 379 g/mol. The number of methoxy groups -OCH3 is 1. The number of nitrogens with one attached hydrogen (secondary N) is 2. The van der Waals surface area contributed by atoms with E-state index in [9.17, 15) is 9.59 Å². The van der Waals surface area contributed by atoms with Crippen LogP contribution < -0.4 is 15.6 Å². The van der Waals surface area contributed by atoms with Gasteiger partial charge in [-0.2, -0.15) is 19.9 Å². The summed E-state index contributed by atoms with van der Waals surface area (Å²) in [5.74, 6) is 0.777. The van der Waals surface area contributed by atoms with Crippen molar-refractivity contribution in [2.45, 2.75) is 6.92 Å². The van der Waals surface area contributed by atoms with E-state index in [1.54, 1.807) is 44.3 Å². The van der Waals surface area contributed by atoms with Gasteiger partial charge in [-0.05, 0) is 25.1 Å². The molecule has 0 aliphatic rings. The first kappa shape index (κ1) is 17.5. The second kappa shape index (κ2) is 6.65. The van der Waals surface area contributed by atoms with Gasteiger partial charge in [-0.25, -0.2) is 0 Å². The Balaban J connectivity index is 1.74. The van der Waals surface area contributed by atoms with Crippen LogP contribution >= 0.6 is 0 Å². The first-order valence-electron chi connectivity index (χ1n) is 8.41. The molecule has 10 nitrogen and oxygen atoms in total. The van der Waals surface area contributed by atoms with Crippen LogP contribution in [0.3, 0.4) is 0 Å². The minimum atomic E-state index is -0.344. The predicted octanol–water partition coefficient (Wildman–Crippen LogP) is 1.41. The molecular formula is C18H17N7O3. The van der Waals surface area contributed by atoms with E-state index in [2.05, 4.69) is 25.5 Å². The predicted molar refractivity (Wildman–Crippen MR) is 102 cm³/mol. The summed E-state index contributed by atoms with van der Waals surface area (Å²) in [5.41, 5.74) is 1.14. The first-order chi connectivity index (χ1) is 13.5. The number of H-pyrrole nitrogens is 1. The number of nitrogens with zero attached hydrogens (tertiary/aromatic N) is 5. The summed E-state index contributed by atoms with van der Waals surface area (Å²) in [7, 11) is 3.23. The maximum atomic E-state index is 12.7. The number of carbonyl (C=O) groups excluding carboxylic acids is 1. The van der Waals surface area contributed by atoms with Gasteiger partial charge in [0, 0.05) is 18.7 Å². The van der Waals surface area contributed by atoms with Crippen molar-refractivity contribution in [1.82, 2.24) is 29.5 Å². The molecule has 28 heavy (non-hydrogen) atoms. The Bertz CT molecular complexity index is 1250. The molecule has 1 amide bonds. The molecule has 0 fully saturated rings. The van der Waals surface area contributed by atoms with Crippen molar-refractivity contribution in [3.05, 3.63) is 58.1 Å². The molecule has 0 unspecified atom stereocenters. The highest BCUT2D eigenvalue weighted by atomic mass is 16.5. The van der Waals surface area contributed by atoms with Crippen LogP contribution in [0.25, 0.3) is 17.0 Å². The number of aromatic amines is 1. The van der Waals surface area contributed by atoms with E-state index in [0.717, 1.165) is 0 Å². The fourth-order valence-electron chi connectivity index (χ4n) is 2.82. The van der Waals surface area contributed by atoms with Gasteiger partial charge in [0.05, 0.1) is 19.0 Å². The van der Waals surface area contributed by atoms with E-state index in [1.165, 1.54) is 22.7 Å². The molecule has 10 heteroatoms. The van der Waals surface area contributed by atoms with Crippen molar-refractivity contribution < 1.29 is 9.53 Å². The van der Waals surface area contributed by atoms with E-state index in [1.807, 2.05) is 0 Å². The van der Waals surface area contributed by atoms with Crippen LogP contribution in [0.2, 0.25) is 0 Å². The number of amides is 1. The van der Waals surface area contributed by atoms with E-state index in [0.29, 0.717) is 33.9 Å². The second-order valence-electron chi connectivity index (χ2n) is 6.16. The fraction of sp³-hybridized carbons (Fsp3) is 0.167. The summed E-state index contributed by atoms with van der Waals surface area (Å²) in [5, 5.41) is 11.6. The summed E-state index contributed by atoms with van der Waals surface area (Å²) in [6, 6.07) is 8.47. The summed E-state index contributed by atoms with van der Waals surface area (Å²) in [4.78, 5) is 32.1. The summed E-state index contributed by atoms with van der Waals surface area (Å²) in [6.07, 6.45) is 1.45. The third-order valence-electron chi connectivity index (χ3n) is 4.19. The van der Waals surface area contributed by atoms with Gasteiger partial charge in [-0.15, -0.1) is 0 Å². The van der Waals surface area contributed by atoms with E-state index < -0.39 is 0 Å². The van der Waals surface area contributed by atoms with Crippen LogP contribution in [-0.4, -0.2) is 42.5 Å². The largest absolute Gasteiger partial charge is 0.497 e. The smallest absolute Gasteiger partial charge is 0.263 e. The lowest BCUT2D eigenvalue weighted by atomic mass is 10.2. The van der Waals surface area contributed by atoms with Gasteiger partial charge in [-0.3, -0.25) is 19.3 Å². The number of aryl methyl sites for hydroxylation is 2. The number of anilines is 1. The molecule has 0 spiro atoms. The highest BCUT2D eigenvalue weighted by Crippen LogP contribution is 2.18. The van der Waals surface area contributed by atoms with Crippen molar-refractivity contribution in [2.75, 3.05) is 12.4 Å². The topological polar surface area (TPSA) is 120 Å². The number of carbonyl (C=O) groups is 1. The maximum absolute atomic E-state index is 12.7. The molecule has 0 atom stereocenters. The monoisotopic (exact) mass is 379 g/mol. The first-order valence-corrected chi connectivity index (χ1v) is 8.41. The molecule has 0 saturated heterocycles. The molecule has 0 bridgehead atoms. The molecule has 3 aromatic heterocycles. The molecule has 2 N–H and O–H groups in total. The van der Waals surface area contributed by atoms with Crippen molar-refractivity contribution in [1.29, 1.82) is 0 Å². The van der Waals surface area contributed by atoms with Gasteiger partial charge >= 0.3 is 0 Å². The van der Waals surface area contributed by atoms with E-state index in [-0.39, 0.29) is 17.4 Å². The van der Waals surface area contributed by atoms with Crippen LogP contribution in [-0.2, 0) is 7.05 Å². The molecule has 0 saturated carbocycles. The number of rotatable bonds is 4. The van der Waals surface area contributed by atoms with Gasteiger partial charge in [0.1, 0.15) is 17.0 Å². The van der Waals surface area contributed by atoms with Gasteiger partial charge in [0.2, 0.25) is 5.95 Å². The molecule has 0 aliphatic heterocycles. The van der Waals surface area contributed by atoms with Crippen LogP contribution in [0.4, 0.5) is 5.82 Å². The Morgan fingerprint density at radius 2 is 2.11 bits per heavy atom. The minimum Gasteiger partial charge on any atom is -0.497 e. The SMILES string of the molecule is COc1cccc(C(=O)Nc2cc(C)nn2-c2nc3c(cnn3C)c(=O)[nH]2)c1. The quantitative estimate of drug-likeness (QED) is 0.553. The number of aromatic nitrogens is 6. The van der Waals surface area contributed by atoms with Crippen molar-refractivity contribution in [3.63, 3.8) is 0 Å². The molecule has 4 aromatic rings. The Morgan fingerprint density at radius 1 is 1.29 bits per heavy atom. The van der Waals surface area contributed by atoms with Gasteiger partial charge < -0.3 is 10.1 Å². The molecule has 3 heterocycles. The summed E-state index contributed by atoms with van der Waals surface area (Å²) < 4.78 is 8.03. The van der Waals surface area contributed by atoms with E-state index in [4.69, 9.17) is 4.74 Å². The molecule has 1 aromatic carbocycles. The molecule has 0 aliphatic carbocycles. The zero-order valence-corrected chi connectivity index (χ0v) is 15.4. The highest BCUT2D eigenvalue weighted by Gasteiger charge is 2.16. The number of fused-ring (bicyclic) bond motifs is 1. The Kier molecular flexibility index (Phi) is 4.15. The standard InChI is InChI=1S/C18H17N7O3/c1-10-7-14(20-16(26)11-5-4-6-12(8-11)28-3)25(23-10)18-21-15-13(17(27)22-18)9-19-24(15)2/h4-9H,1-3H3,(H,20,26)(H,21,22,27). The van der Waals surface area contributed by atoms with Crippen molar-refractivity contribution >= 4 is 22.8 Å². The number of hydrogen-bond donors (Lipinski definition) is 2. The van der Waals surface area contributed by atoms with Crippen molar-refractivity contribution in [2.24, 2.45) is 7.05 Å². The van der Waals surface area contributed by atoms with Crippen LogP contribution in [0.1, 0.15) is 16.1 Å². The lowest BCUT2D eigenvalue weighted by molar-refractivity contribution is 0.102. The third-order valence-corrected chi connectivity index (χ3v) is 4.19. The Hall–Kier alpha value is -3.95. The highest BCUT2D eigenvalue weighted by molar-refractivity contribution is 6.04. The minimum absolute atomic E-state index is 0.176. The van der Waals surface area contributed by atoms with E-state index >= 15 is 0 Å². The lowest BCUT2D eigenvalue weighted by Gasteiger charge is -2.09. The Labute approximate surface area is 158 Å². The molecular weight excluding hydrogens is 362 g/mol.